The number of likely N-dealkylation sites (tertiary alicyclic amines) is 1. The van der Waals surface area contributed by atoms with Gasteiger partial charge in [0.25, 0.3) is 0 Å². The summed E-state index contributed by atoms with van der Waals surface area (Å²) in [6, 6.07) is 1.34. The normalized spacial score (nSPS) is 17.3. The Bertz CT molecular complexity index is 726. The number of hydrogen-bond donors (Lipinski definition) is 1. The van der Waals surface area contributed by atoms with Crippen molar-refractivity contribution in [3.63, 3.8) is 0 Å². The number of methoxy groups -OCH3 is 1. The van der Waals surface area contributed by atoms with E-state index in [9.17, 15) is 9.59 Å². The van der Waals surface area contributed by atoms with Crippen LogP contribution in [0.2, 0.25) is 0 Å². The Morgan fingerprint density at radius 1 is 1.48 bits per heavy atom. The number of amides is 2. The number of carbonyl (C=O) groups is 2. The Hall–Kier alpha value is -2.42. The monoisotopic (exact) mass is 335 g/mol. The molecule has 0 aliphatic carbocycles. The van der Waals surface area contributed by atoms with Gasteiger partial charge >= 0.3 is 12.0 Å². The van der Waals surface area contributed by atoms with Crippen LogP contribution in [0.5, 0.6) is 0 Å². The molecule has 0 bridgehead atoms. The minimum atomic E-state index is -0.457. The number of nitrogens with zero attached hydrogens (tertiary/aromatic N) is 4. The molecule has 1 N–H and O–H groups in total. The standard InChI is InChI=1S/C14H17N5O3S/c1-18-8-15-17-12(18)10-4-3-6-19(10)14(21)16-9-5-7-23-11(9)13(20)22-2/h5,7-8,10H,3-4,6H2,1-2H3,(H,16,21). The molecular weight excluding hydrogens is 318 g/mol. The van der Waals surface area contributed by atoms with Crippen molar-refractivity contribution in [1.29, 1.82) is 0 Å². The van der Waals surface area contributed by atoms with Crippen molar-refractivity contribution in [2.45, 2.75) is 18.9 Å². The Labute approximate surface area is 137 Å². The molecule has 122 valence electrons. The first-order valence-electron chi connectivity index (χ1n) is 7.19. The van der Waals surface area contributed by atoms with Crippen LogP contribution < -0.4 is 5.32 Å². The van der Waals surface area contributed by atoms with E-state index < -0.39 is 5.97 Å². The number of nitrogens with one attached hydrogen (secondary N) is 1. The van der Waals surface area contributed by atoms with Crippen molar-refractivity contribution in [3.05, 3.63) is 28.5 Å². The fourth-order valence-corrected chi connectivity index (χ4v) is 3.48. The van der Waals surface area contributed by atoms with E-state index in [1.165, 1.54) is 18.4 Å². The van der Waals surface area contributed by atoms with E-state index >= 15 is 0 Å². The predicted octanol–water partition coefficient (Wildman–Crippen LogP) is 2.03. The molecule has 3 heterocycles. The molecule has 0 aromatic carbocycles. The van der Waals surface area contributed by atoms with E-state index in [0.717, 1.165) is 18.7 Å². The van der Waals surface area contributed by atoms with Crippen molar-refractivity contribution in [1.82, 2.24) is 19.7 Å². The lowest BCUT2D eigenvalue weighted by atomic mass is 10.2. The third-order valence-electron chi connectivity index (χ3n) is 3.84. The van der Waals surface area contributed by atoms with Gasteiger partial charge < -0.3 is 19.5 Å². The molecule has 1 aliphatic heterocycles. The lowest BCUT2D eigenvalue weighted by Crippen LogP contribution is -2.35. The van der Waals surface area contributed by atoms with Gasteiger partial charge in [-0.1, -0.05) is 0 Å². The van der Waals surface area contributed by atoms with E-state index in [0.29, 0.717) is 17.1 Å². The second kappa shape index (κ2) is 6.37. The molecule has 23 heavy (non-hydrogen) atoms. The van der Waals surface area contributed by atoms with Crippen LogP contribution >= 0.6 is 11.3 Å². The highest BCUT2D eigenvalue weighted by molar-refractivity contribution is 7.12. The maximum absolute atomic E-state index is 12.6. The van der Waals surface area contributed by atoms with Crippen LogP contribution in [0, 0.1) is 0 Å². The second-order valence-corrected chi connectivity index (χ2v) is 6.15. The number of hydrogen-bond acceptors (Lipinski definition) is 6. The largest absolute Gasteiger partial charge is 0.465 e. The molecule has 3 rings (SSSR count). The summed E-state index contributed by atoms with van der Waals surface area (Å²) in [5.41, 5.74) is 0.468. The van der Waals surface area contributed by atoms with E-state index in [1.54, 1.807) is 22.7 Å². The van der Waals surface area contributed by atoms with Gasteiger partial charge in [0.15, 0.2) is 5.82 Å². The fraction of sp³-hybridized carbons (Fsp3) is 0.429. The van der Waals surface area contributed by atoms with Gasteiger partial charge in [-0.15, -0.1) is 21.5 Å². The summed E-state index contributed by atoms with van der Waals surface area (Å²) in [7, 11) is 3.18. The van der Waals surface area contributed by atoms with Crippen molar-refractivity contribution in [3.8, 4) is 0 Å². The summed E-state index contributed by atoms with van der Waals surface area (Å²) in [4.78, 5) is 26.4. The summed E-state index contributed by atoms with van der Waals surface area (Å²) < 4.78 is 6.54. The van der Waals surface area contributed by atoms with Crippen molar-refractivity contribution >= 4 is 29.0 Å². The molecular formula is C14H17N5O3S. The number of urea groups is 1. The third-order valence-corrected chi connectivity index (χ3v) is 4.73. The van der Waals surface area contributed by atoms with Gasteiger partial charge in [-0.05, 0) is 24.3 Å². The zero-order valence-electron chi connectivity index (χ0n) is 12.9. The van der Waals surface area contributed by atoms with Crippen LogP contribution in [0.3, 0.4) is 0 Å². The molecule has 0 spiro atoms. The average molecular weight is 335 g/mol. The van der Waals surface area contributed by atoms with Crippen LogP contribution in [-0.4, -0.2) is 45.3 Å². The Kier molecular flexibility index (Phi) is 4.28. The first kappa shape index (κ1) is 15.5. The molecule has 8 nitrogen and oxygen atoms in total. The van der Waals surface area contributed by atoms with Gasteiger partial charge in [-0.25, -0.2) is 9.59 Å². The molecule has 0 saturated carbocycles. The van der Waals surface area contributed by atoms with Crippen molar-refractivity contribution in [2.24, 2.45) is 7.05 Å². The number of carbonyl (C=O) groups excluding carboxylic acids is 2. The Morgan fingerprint density at radius 3 is 3.00 bits per heavy atom. The molecule has 0 radical (unpaired) electrons. The second-order valence-electron chi connectivity index (χ2n) is 5.24. The van der Waals surface area contributed by atoms with E-state index in [-0.39, 0.29) is 12.1 Å². The zero-order chi connectivity index (χ0) is 16.4. The third kappa shape index (κ3) is 2.91. The van der Waals surface area contributed by atoms with E-state index in [1.807, 2.05) is 11.6 Å². The SMILES string of the molecule is COC(=O)c1sccc1NC(=O)N1CCCC1c1nncn1C. The summed E-state index contributed by atoms with van der Waals surface area (Å²) in [5.74, 6) is 0.303. The van der Waals surface area contributed by atoms with Crippen molar-refractivity contribution < 1.29 is 14.3 Å². The minimum Gasteiger partial charge on any atom is -0.465 e. The van der Waals surface area contributed by atoms with Crippen LogP contribution in [0.1, 0.15) is 34.4 Å². The molecule has 2 aromatic rings. The quantitative estimate of drug-likeness (QED) is 0.867. The number of anilines is 1. The average Bonchev–Trinajstić information content (AvgIpc) is 3.25. The summed E-state index contributed by atoms with van der Waals surface area (Å²) in [6.07, 6.45) is 3.36. The maximum atomic E-state index is 12.6. The first-order valence-corrected chi connectivity index (χ1v) is 8.07. The molecule has 1 atom stereocenters. The van der Waals surface area contributed by atoms with Crippen LogP contribution in [0.15, 0.2) is 17.8 Å². The highest BCUT2D eigenvalue weighted by atomic mass is 32.1. The number of rotatable bonds is 3. The lowest BCUT2D eigenvalue weighted by molar-refractivity contribution is 0.0607. The molecule has 2 amide bonds. The highest BCUT2D eigenvalue weighted by Gasteiger charge is 2.33. The Balaban J connectivity index is 1.77. The molecule has 1 unspecified atom stereocenters. The van der Waals surface area contributed by atoms with Crippen LogP contribution in [0.4, 0.5) is 10.5 Å². The van der Waals surface area contributed by atoms with Gasteiger partial charge in [-0.2, -0.15) is 0 Å². The number of aryl methyl sites for hydroxylation is 1. The first-order chi connectivity index (χ1) is 11.1. The van der Waals surface area contributed by atoms with Crippen molar-refractivity contribution in [2.75, 3.05) is 19.0 Å². The summed E-state index contributed by atoms with van der Waals surface area (Å²) in [5, 5.41) is 12.5. The zero-order valence-corrected chi connectivity index (χ0v) is 13.7. The van der Waals surface area contributed by atoms with Gasteiger partial charge in [0, 0.05) is 13.6 Å². The number of esters is 1. The lowest BCUT2D eigenvalue weighted by Gasteiger charge is -2.24. The predicted molar refractivity (Wildman–Crippen MR) is 84.4 cm³/mol. The molecule has 9 heteroatoms. The van der Waals surface area contributed by atoms with Crippen LogP contribution in [0.25, 0.3) is 0 Å². The summed E-state index contributed by atoms with van der Waals surface area (Å²) >= 11 is 1.23. The van der Waals surface area contributed by atoms with Gasteiger partial charge in [0.05, 0.1) is 18.8 Å². The van der Waals surface area contributed by atoms with Gasteiger partial charge in [-0.3, -0.25) is 0 Å². The number of aromatic nitrogens is 3. The molecule has 1 fully saturated rings. The number of thiophene rings is 1. The highest BCUT2D eigenvalue weighted by Crippen LogP contribution is 2.31. The molecule has 1 saturated heterocycles. The topological polar surface area (TPSA) is 89.3 Å². The smallest absolute Gasteiger partial charge is 0.350 e. The number of ether oxygens (including phenoxy) is 1. The minimum absolute atomic E-state index is 0.109. The molecule has 1 aliphatic rings. The fourth-order valence-electron chi connectivity index (χ4n) is 2.72. The van der Waals surface area contributed by atoms with E-state index in [4.69, 9.17) is 4.74 Å². The maximum Gasteiger partial charge on any atom is 0.350 e. The molecule has 2 aromatic heterocycles. The summed E-state index contributed by atoms with van der Waals surface area (Å²) in [6.45, 7) is 0.640. The van der Waals surface area contributed by atoms with Crippen LogP contribution in [-0.2, 0) is 11.8 Å². The van der Waals surface area contributed by atoms with Gasteiger partial charge in [0.2, 0.25) is 0 Å². The van der Waals surface area contributed by atoms with Gasteiger partial charge in [0.1, 0.15) is 11.2 Å². The van der Waals surface area contributed by atoms with E-state index in [2.05, 4.69) is 15.5 Å². The Morgan fingerprint density at radius 2 is 2.30 bits per heavy atom.